The van der Waals surface area contributed by atoms with Crippen LogP contribution in [0.15, 0.2) is 33.6 Å². The zero-order valence-corrected chi connectivity index (χ0v) is 12.5. The summed E-state index contributed by atoms with van der Waals surface area (Å²) < 4.78 is 29.4. The SMILES string of the molecule is CCOC(=O)CCCS(=O)(=O)c1ccc(Br)cc1. The van der Waals surface area contributed by atoms with Crippen molar-refractivity contribution in [2.75, 3.05) is 12.4 Å². The smallest absolute Gasteiger partial charge is 0.305 e. The summed E-state index contributed by atoms with van der Waals surface area (Å²) in [7, 11) is -3.32. The third-order valence-corrected chi connectivity index (χ3v) is 4.62. The van der Waals surface area contributed by atoms with Crippen molar-refractivity contribution >= 4 is 31.7 Å². The van der Waals surface area contributed by atoms with Gasteiger partial charge in [0.15, 0.2) is 9.84 Å². The Morgan fingerprint density at radius 1 is 1.28 bits per heavy atom. The molecule has 0 saturated carbocycles. The van der Waals surface area contributed by atoms with Crippen LogP contribution in [0, 0.1) is 0 Å². The Balaban J connectivity index is 2.55. The summed E-state index contributed by atoms with van der Waals surface area (Å²) in [5.41, 5.74) is 0. The lowest BCUT2D eigenvalue weighted by molar-refractivity contribution is -0.143. The van der Waals surface area contributed by atoms with E-state index in [0.29, 0.717) is 6.61 Å². The van der Waals surface area contributed by atoms with Gasteiger partial charge in [0.1, 0.15) is 0 Å². The molecule has 0 atom stereocenters. The van der Waals surface area contributed by atoms with E-state index < -0.39 is 9.84 Å². The monoisotopic (exact) mass is 334 g/mol. The second kappa shape index (κ2) is 6.89. The third kappa shape index (κ3) is 4.78. The Morgan fingerprint density at radius 3 is 2.44 bits per heavy atom. The quantitative estimate of drug-likeness (QED) is 0.750. The maximum Gasteiger partial charge on any atom is 0.305 e. The number of halogens is 1. The van der Waals surface area contributed by atoms with Crippen LogP contribution in [0.25, 0.3) is 0 Å². The number of ether oxygens (including phenoxy) is 1. The van der Waals surface area contributed by atoms with Crippen molar-refractivity contribution < 1.29 is 17.9 Å². The highest BCUT2D eigenvalue weighted by Crippen LogP contribution is 2.16. The van der Waals surface area contributed by atoms with Gasteiger partial charge >= 0.3 is 5.97 Å². The molecular weight excluding hydrogens is 320 g/mol. The number of esters is 1. The summed E-state index contributed by atoms with van der Waals surface area (Å²) in [4.78, 5) is 11.4. The van der Waals surface area contributed by atoms with Crippen LogP contribution in [0.1, 0.15) is 19.8 Å². The van der Waals surface area contributed by atoms with Crippen LogP contribution in [0.5, 0.6) is 0 Å². The van der Waals surface area contributed by atoms with Gasteiger partial charge in [-0.1, -0.05) is 15.9 Å². The maximum atomic E-state index is 11.9. The standard InChI is InChI=1S/C12H15BrO4S/c1-2-17-12(14)4-3-9-18(15,16)11-7-5-10(13)6-8-11/h5-8H,2-4,9H2,1H3. The first-order valence-electron chi connectivity index (χ1n) is 5.59. The molecule has 1 aromatic carbocycles. The Morgan fingerprint density at radius 2 is 1.89 bits per heavy atom. The van der Waals surface area contributed by atoms with Crippen LogP contribution in [-0.4, -0.2) is 26.7 Å². The van der Waals surface area contributed by atoms with Crippen LogP contribution >= 0.6 is 15.9 Å². The lowest BCUT2D eigenvalue weighted by Gasteiger charge is -2.04. The first-order chi connectivity index (χ1) is 8.45. The summed E-state index contributed by atoms with van der Waals surface area (Å²) in [6.07, 6.45) is 0.404. The Kier molecular flexibility index (Phi) is 5.81. The van der Waals surface area contributed by atoms with E-state index in [0.717, 1.165) is 4.47 Å². The highest BCUT2D eigenvalue weighted by Gasteiger charge is 2.14. The maximum absolute atomic E-state index is 11.9. The molecule has 0 spiro atoms. The molecule has 0 radical (unpaired) electrons. The second-order valence-electron chi connectivity index (χ2n) is 3.68. The van der Waals surface area contributed by atoms with E-state index in [1.807, 2.05) is 0 Å². The van der Waals surface area contributed by atoms with E-state index in [1.54, 1.807) is 31.2 Å². The Labute approximate surface area is 115 Å². The number of benzene rings is 1. The minimum Gasteiger partial charge on any atom is -0.466 e. The van der Waals surface area contributed by atoms with Gasteiger partial charge in [-0.15, -0.1) is 0 Å². The van der Waals surface area contributed by atoms with Crippen molar-refractivity contribution in [1.29, 1.82) is 0 Å². The molecule has 0 unspecified atom stereocenters. The number of hydrogen-bond donors (Lipinski definition) is 0. The van der Waals surface area contributed by atoms with Crippen molar-refractivity contribution in [3.63, 3.8) is 0 Å². The van der Waals surface area contributed by atoms with Gasteiger partial charge in [-0.25, -0.2) is 8.42 Å². The Hall–Kier alpha value is -0.880. The molecule has 0 bridgehead atoms. The molecular formula is C12H15BrO4S. The molecule has 18 heavy (non-hydrogen) atoms. The van der Waals surface area contributed by atoms with Gasteiger partial charge in [0.2, 0.25) is 0 Å². The predicted molar refractivity (Wildman–Crippen MR) is 72.1 cm³/mol. The fourth-order valence-corrected chi connectivity index (χ4v) is 2.97. The summed E-state index contributed by atoms with van der Waals surface area (Å²) >= 11 is 3.25. The molecule has 6 heteroatoms. The molecule has 0 N–H and O–H groups in total. The van der Waals surface area contributed by atoms with Crippen LogP contribution in [0.3, 0.4) is 0 Å². The minimum atomic E-state index is -3.32. The van der Waals surface area contributed by atoms with E-state index >= 15 is 0 Å². The molecule has 0 amide bonds. The second-order valence-corrected chi connectivity index (χ2v) is 6.71. The van der Waals surface area contributed by atoms with Crippen LogP contribution < -0.4 is 0 Å². The van der Waals surface area contributed by atoms with Gasteiger partial charge in [0, 0.05) is 10.9 Å². The van der Waals surface area contributed by atoms with Crippen LogP contribution in [-0.2, 0) is 19.4 Å². The molecule has 0 aromatic heterocycles. The van der Waals surface area contributed by atoms with Crippen LogP contribution in [0.2, 0.25) is 0 Å². The van der Waals surface area contributed by atoms with Gasteiger partial charge in [-0.2, -0.15) is 0 Å². The molecule has 0 heterocycles. The molecule has 4 nitrogen and oxygen atoms in total. The summed E-state index contributed by atoms with van der Waals surface area (Å²) in [6.45, 7) is 2.04. The van der Waals surface area contributed by atoms with Crippen molar-refractivity contribution in [2.24, 2.45) is 0 Å². The molecule has 1 aromatic rings. The highest BCUT2D eigenvalue weighted by molar-refractivity contribution is 9.10. The average molecular weight is 335 g/mol. The third-order valence-electron chi connectivity index (χ3n) is 2.27. The van der Waals surface area contributed by atoms with E-state index in [-0.39, 0.29) is 29.5 Å². The van der Waals surface area contributed by atoms with E-state index in [4.69, 9.17) is 4.74 Å². The molecule has 0 aliphatic carbocycles. The summed E-state index contributed by atoms with van der Waals surface area (Å²) in [5.74, 6) is -0.406. The molecule has 100 valence electrons. The van der Waals surface area contributed by atoms with Gasteiger partial charge in [0.25, 0.3) is 0 Å². The number of carbonyl (C=O) groups excluding carboxylic acids is 1. The lowest BCUT2D eigenvalue weighted by atomic mass is 10.3. The molecule has 1 rings (SSSR count). The summed E-state index contributed by atoms with van der Waals surface area (Å²) in [5, 5.41) is 0. The fraction of sp³-hybridized carbons (Fsp3) is 0.417. The van der Waals surface area contributed by atoms with Gasteiger partial charge < -0.3 is 4.74 Å². The Bertz CT molecular complexity index is 493. The zero-order valence-electron chi connectivity index (χ0n) is 10.1. The molecule has 0 aliphatic heterocycles. The number of carbonyl (C=O) groups is 1. The average Bonchev–Trinajstić information content (AvgIpc) is 2.29. The molecule has 0 aliphatic rings. The normalized spacial score (nSPS) is 11.2. The number of hydrogen-bond acceptors (Lipinski definition) is 4. The molecule has 0 fully saturated rings. The van der Waals surface area contributed by atoms with E-state index in [1.165, 1.54) is 0 Å². The van der Waals surface area contributed by atoms with Crippen molar-refractivity contribution in [2.45, 2.75) is 24.7 Å². The van der Waals surface area contributed by atoms with Crippen molar-refractivity contribution in [1.82, 2.24) is 0 Å². The van der Waals surface area contributed by atoms with Gasteiger partial charge in [-0.05, 0) is 37.6 Å². The minimum absolute atomic E-state index is 0.0482. The fourth-order valence-electron chi connectivity index (χ4n) is 1.40. The zero-order chi connectivity index (χ0) is 13.6. The topological polar surface area (TPSA) is 60.4 Å². The van der Waals surface area contributed by atoms with Crippen molar-refractivity contribution in [3.8, 4) is 0 Å². The largest absolute Gasteiger partial charge is 0.466 e. The number of rotatable bonds is 6. The van der Waals surface area contributed by atoms with Crippen LogP contribution in [0.4, 0.5) is 0 Å². The lowest BCUT2D eigenvalue weighted by Crippen LogP contribution is -2.10. The molecule has 0 saturated heterocycles. The van der Waals surface area contributed by atoms with Crippen molar-refractivity contribution in [3.05, 3.63) is 28.7 Å². The number of sulfone groups is 1. The van der Waals surface area contributed by atoms with E-state index in [9.17, 15) is 13.2 Å². The van der Waals surface area contributed by atoms with E-state index in [2.05, 4.69) is 15.9 Å². The van der Waals surface area contributed by atoms with Gasteiger partial charge in [0.05, 0.1) is 17.3 Å². The first kappa shape index (κ1) is 15.2. The van der Waals surface area contributed by atoms with Gasteiger partial charge in [-0.3, -0.25) is 4.79 Å². The summed E-state index contributed by atoms with van der Waals surface area (Å²) in [6, 6.07) is 6.45. The first-order valence-corrected chi connectivity index (χ1v) is 8.04. The highest BCUT2D eigenvalue weighted by atomic mass is 79.9. The predicted octanol–water partition coefficient (Wildman–Crippen LogP) is 2.57.